The number of unbranched alkanes of at least 4 members (excludes halogenated alkanes) is 1. The van der Waals surface area contributed by atoms with Gasteiger partial charge in [-0.1, -0.05) is 18.5 Å². The summed E-state index contributed by atoms with van der Waals surface area (Å²) in [6, 6.07) is 3.43. The van der Waals surface area contributed by atoms with Crippen molar-refractivity contribution >= 4 is 17.4 Å². The molecule has 0 aliphatic rings. The lowest BCUT2D eigenvalue weighted by molar-refractivity contribution is 0.102. The molecule has 6 heteroatoms. The van der Waals surface area contributed by atoms with Crippen LogP contribution in [0, 0.1) is 6.92 Å². The highest BCUT2D eigenvalue weighted by atomic mass is 16.5. The fourth-order valence-electron chi connectivity index (χ4n) is 1.68. The van der Waals surface area contributed by atoms with Crippen molar-refractivity contribution in [3.63, 3.8) is 0 Å². The Morgan fingerprint density at radius 1 is 1.35 bits per heavy atom. The molecule has 0 fully saturated rings. The summed E-state index contributed by atoms with van der Waals surface area (Å²) in [7, 11) is 0. The fourth-order valence-corrected chi connectivity index (χ4v) is 1.68. The third-order valence-electron chi connectivity index (χ3n) is 2.73. The van der Waals surface area contributed by atoms with Crippen molar-refractivity contribution in [1.29, 1.82) is 0 Å². The highest BCUT2D eigenvalue weighted by Crippen LogP contribution is 2.12. The molecular weight excluding hydrogens is 256 g/mol. The molecule has 0 unspecified atom stereocenters. The standard InChI is InChI=1S/C14H18N4O2/c1-3-4-5-16-12-7-11(8-15-9-12)14(19)17-13-6-10(2)20-18-13/h6-9,16H,3-5H2,1-2H3,(H,17,18,19). The number of carbonyl (C=O) groups excluding carboxylic acids is 1. The summed E-state index contributed by atoms with van der Waals surface area (Å²) in [6.45, 7) is 4.76. The van der Waals surface area contributed by atoms with Crippen LogP contribution in [-0.2, 0) is 0 Å². The zero-order valence-electron chi connectivity index (χ0n) is 11.6. The van der Waals surface area contributed by atoms with E-state index >= 15 is 0 Å². The molecule has 20 heavy (non-hydrogen) atoms. The Morgan fingerprint density at radius 3 is 2.90 bits per heavy atom. The average Bonchev–Trinajstić information content (AvgIpc) is 2.85. The number of anilines is 2. The largest absolute Gasteiger partial charge is 0.384 e. The van der Waals surface area contributed by atoms with Crippen LogP contribution in [0.15, 0.2) is 29.0 Å². The first kappa shape index (κ1) is 14.0. The number of rotatable bonds is 6. The highest BCUT2D eigenvalue weighted by molar-refractivity contribution is 6.04. The number of nitrogens with one attached hydrogen (secondary N) is 2. The van der Waals surface area contributed by atoms with E-state index in [1.54, 1.807) is 25.3 Å². The molecule has 2 heterocycles. The van der Waals surface area contributed by atoms with Gasteiger partial charge in [-0.05, 0) is 19.4 Å². The van der Waals surface area contributed by atoms with E-state index in [-0.39, 0.29) is 5.91 Å². The van der Waals surface area contributed by atoms with Crippen LogP contribution in [0.4, 0.5) is 11.5 Å². The number of carbonyl (C=O) groups is 1. The Hall–Kier alpha value is -2.37. The minimum Gasteiger partial charge on any atom is -0.384 e. The molecule has 0 saturated carbocycles. The number of aromatic nitrogens is 2. The third-order valence-corrected chi connectivity index (χ3v) is 2.73. The van der Waals surface area contributed by atoms with Crippen molar-refractivity contribution in [2.24, 2.45) is 0 Å². The Bertz CT molecular complexity index is 580. The molecule has 0 atom stereocenters. The van der Waals surface area contributed by atoms with Gasteiger partial charge in [0.2, 0.25) is 0 Å². The average molecular weight is 274 g/mol. The van der Waals surface area contributed by atoms with Crippen LogP contribution in [0.1, 0.15) is 35.9 Å². The van der Waals surface area contributed by atoms with E-state index < -0.39 is 0 Å². The van der Waals surface area contributed by atoms with Gasteiger partial charge < -0.3 is 15.2 Å². The summed E-state index contributed by atoms with van der Waals surface area (Å²) in [6.07, 6.45) is 5.42. The normalized spacial score (nSPS) is 10.3. The summed E-state index contributed by atoms with van der Waals surface area (Å²) < 4.78 is 4.90. The predicted molar refractivity (Wildman–Crippen MR) is 76.8 cm³/mol. The quantitative estimate of drug-likeness (QED) is 0.792. The molecule has 0 radical (unpaired) electrons. The number of pyridine rings is 1. The van der Waals surface area contributed by atoms with Crippen molar-refractivity contribution in [3.8, 4) is 0 Å². The molecule has 0 bridgehead atoms. The zero-order chi connectivity index (χ0) is 14.4. The molecule has 6 nitrogen and oxygen atoms in total. The number of aryl methyl sites for hydroxylation is 1. The molecule has 0 spiro atoms. The van der Waals surface area contributed by atoms with Gasteiger partial charge in [0.25, 0.3) is 5.91 Å². The van der Waals surface area contributed by atoms with Gasteiger partial charge in [-0.3, -0.25) is 9.78 Å². The van der Waals surface area contributed by atoms with Gasteiger partial charge in [0.1, 0.15) is 5.76 Å². The van der Waals surface area contributed by atoms with E-state index in [0.29, 0.717) is 17.1 Å². The van der Waals surface area contributed by atoms with Crippen molar-refractivity contribution in [1.82, 2.24) is 10.1 Å². The van der Waals surface area contributed by atoms with Gasteiger partial charge >= 0.3 is 0 Å². The minimum absolute atomic E-state index is 0.259. The van der Waals surface area contributed by atoms with Crippen LogP contribution in [0.5, 0.6) is 0 Å². The maximum Gasteiger partial charge on any atom is 0.258 e. The highest BCUT2D eigenvalue weighted by Gasteiger charge is 2.09. The van der Waals surface area contributed by atoms with Gasteiger partial charge in [0.15, 0.2) is 5.82 Å². The lowest BCUT2D eigenvalue weighted by Gasteiger charge is -2.06. The Balaban J connectivity index is 2.00. The van der Waals surface area contributed by atoms with Crippen molar-refractivity contribution in [2.75, 3.05) is 17.2 Å². The van der Waals surface area contributed by atoms with Gasteiger partial charge in [-0.25, -0.2) is 0 Å². The van der Waals surface area contributed by atoms with Crippen LogP contribution < -0.4 is 10.6 Å². The van der Waals surface area contributed by atoms with Crippen LogP contribution in [0.25, 0.3) is 0 Å². The van der Waals surface area contributed by atoms with E-state index in [0.717, 1.165) is 25.1 Å². The summed E-state index contributed by atoms with van der Waals surface area (Å²) in [5.74, 6) is 0.787. The lowest BCUT2D eigenvalue weighted by atomic mass is 10.2. The monoisotopic (exact) mass is 274 g/mol. The van der Waals surface area contributed by atoms with Gasteiger partial charge in [-0.15, -0.1) is 0 Å². The van der Waals surface area contributed by atoms with Crippen LogP contribution in [0.3, 0.4) is 0 Å². The lowest BCUT2D eigenvalue weighted by Crippen LogP contribution is -2.13. The summed E-state index contributed by atoms with van der Waals surface area (Å²) in [4.78, 5) is 16.1. The molecule has 1 amide bonds. The molecular formula is C14H18N4O2. The van der Waals surface area contributed by atoms with Crippen molar-refractivity contribution in [3.05, 3.63) is 35.9 Å². The number of hydrogen-bond donors (Lipinski definition) is 2. The number of amides is 1. The van der Waals surface area contributed by atoms with Crippen molar-refractivity contribution < 1.29 is 9.32 Å². The molecule has 106 valence electrons. The molecule has 2 N–H and O–H groups in total. The second kappa shape index (κ2) is 6.70. The molecule has 2 rings (SSSR count). The van der Waals surface area contributed by atoms with Crippen LogP contribution >= 0.6 is 0 Å². The summed E-state index contributed by atoms with van der Waals surface area (Å²) >= 11 is 0. The number of hydrogen-bond acceptors (Lipinski definition) is 5. The molecule has 0 aliphatic carbocycles. The maximum atomic E-state index is 12.0. The molecule has 2 aromatic rings. The molecule has 2 aromatic heterocycles. The summed E-state index contributed by atoms with van der Waals surface area (Å²) in [5, 5.41) is 9.62. The first-order valence-corrected chi connectivity index (χ1v) is 6.62. The predicted octanol–water partition coefficient (Wildman–Crippen LogP) is 2.84. The molecule has 0 aliphatic heterocycles. The van der Waals surface area contributed by atoms with Crippen LogP contribution in [0.2, 0.25) is 0 Å². The SMILES string of the molecule is CCCCNc1cncc(C(=O)Nc2cc(C)on2)c1. The first-order chi connectivity index (χ1) is 9.69. The van der Waals surface area contributed by atoms with Gasteiger partial charge in [0.05, 0.1) is 11.3 Å². The smallest absolute Gasteiger partial charge is 0.258 e. The summed E-state index contributed by atoms with van der Waals surface area (Å²) in [5.41, 5.74) is 1.31. The molecule has 0 aromatic carbocycles. The second-order valence-electron chi connectivity index (χ2n) is 4.52. The topological polar surface area (TPSA) is 80.0 Å². The number of nitrogens with zero attached hydrogens (tertiary/aromatic N) is 2. The van der Waals surface area contributed by atoms with Crippen molar-refractivity contribution in [2.45, 2.75) is 26.7 Å². The van der Waals surface area contributed by atoms with Crippen LogP contribution in [-0.4, -0.2) is 22.6 Å². The second-order valence-corrected chi connectivity index (χ2v) is 4.52. The van der Waals surface area contributed by atoms with E-state index in [4.69, 9.17) is 4.52 Å². The van der Waals surface area contributed by atoms with E-state index in [1.165, 1.54) is 6.20 Å². The Kier molecular flexibility index (Phi) is 4.70. The first-order valence-electron chi connectivity index (χ1n) is 6.62. The van der Waals surface area contributed by atoms with E-state index in [9.17, 15) is 4.79 Å². The van der Waals surface area contributed by atoms with E-state index in [1.807, 2.05) is 0 Å². The maximum absolute atomic E-state index is 12.0. The van der Waals surface area contributed by atoms with Gasteiger partial charge in [0, 0.05) is 25.0 Å². The van der Waals surface area contributed by atoms with Gasteiger partial charge in [-0.2, -0.15) is 0 Å². The minimum atomic E-state index is -0.259. The Morgan fingerprint density at radius 2 is 2.20 bits per heavy atom. The van der Waals surface area contributed by atoms with E-state index in [2.05, 4.69) is 27.7 Å². The third kappa shape index (κ3) is 3.81. The molecule has 0 saturated heterocycles. The zero-order valence-corrected chi connectivity index (χ0v) is 11.6. The fraction of sp³-hybridized carbons (Fsp3) is 0.357. The Labute approximate surface area is 117 Å².